The third kappa shape index (κ3) is 2.01. The Morgan fingerprint density at radius 2 is 2.12 bits per heavy atom. The molecule has 0 bridgehead atoms. The second-order valence-corrected chi connectivity index (χ2v) is 7.78. The van der Waals surface area contributed by atoms with Crippen molar-refractivity contribution in [3.8, 4) is 0 Å². The molecule has 0 aliphatic carbocycles. The van der Waals surface area contributed by atoms with E-state index >= 15 is 0 Å². The Labute approximate surface area is 110 Å². The van der Waals surface area contributed by atoms with Crippen molar-refractivity contribution in [1.29, 1.82) is 0 Å². The fraction of sp³-hybridized carbons (Fsp3) is 0.500. The molecule has 0 unspecified atom stereocenters. The van der Waals surface area contributed by atoms with Crippen molar-refractivity contribution in [3.63, 3.8) is 0 Å². The molecule has 0 amide bonds. The normalized spacial score (nSPS) is 20.0. The second-order valence-electron chi connectivity index (χ2n) is 3.91. The number of rotatable bonds is 3. The summed E-state index contributed by atoms with van der Waals surface area (Å²) in [6, 6.07) is 3.31. The van der Waals surface area contributed by atoms with Gasteiger partial charge in [0, 0.05) is 13.2 Å². The van der Waals surface area contributed by atoms with Crippen LogP contribution in [-0.2, 0) is 14.6 Å². The molecule has 2 N–H and O–H groups in total. The maximum absolute atomic E-state index is 12.6. The van der Waals surface area contributed by atoms with Gasteiger partial charge in [0.15, 0.2) is 9.84 Å². The summed E-state index contributed by atoms with van der Waals surface area (Å²) in [6.45, 7) is 0.754. The highest BCUT2D eigenvalue weighted by Gasteiger charge is 2.49. The fourth-order valence-electron chi connectivity index (χ4n) is 1.96. The van der Waals surface area contributed by atoms with Crippen molar-refractivity contribution in [1.82, 2.24) is 0 Å². The molecule has 2 heterocycles. The van der Waals surface area contributed by atoms with Gasteiger partial charge >= 0.3 is 0 Å². The first-order valence-corrected chi connectivity index (χ1v) is 7.94. The first-order valence-electron chi connectivity index (χ1n) is 5.16. The van der Waals surface area contributed by atoms with Crippen LogP contribution in [0.15, 0.2) is 21.7 Å². The summed E-state index contributed by atoms with van der Waals surface area (Å²) >= 11 is 6.19. The molecule has 1 aromatic rings. The zero-order chi connectivity index (χ0) is 12.5. The van der Waals surface area contributed by atoms with E-state index in [1.165, 1.54) is 11.3 Å². The molecule has 4 nitrogen and oxygen atoms in total. The highest BCUT2D eigenvalue weighted by molar-refractivity contribution is 7.97. The lowest BCUT2D eigenvalue weighted by Gasteiger charge is -2.34. The van der Waals surface area contributed by atoms with Crippen LogP contribution in [0, 0.1) is 0 Å². The van der Waals surface area contributed by atoms with Crippen molar-refractivity contribution in [2.24, 2.45) is 5.73 Å². The van der Waals surface area contributed by atoms with Crippen LogP contribution in [0.4, 0.5) is 0 Å². The number of hydrogen-bond donors (Lipinski definition) is 1. The zero-order valence-electron chi connectivity index (χ0n) is 9.09. The second kappa shape index (κ2) is 4.64. The van der Waals surface area contributed by atoms with Gasteiger partial charge in [-0.25, -0.2) is 8.42 Å². The van der Waals surface area contributed by atoms with Gasteiger partial charge in [0.25, 0.3) is 0 Å². The van der Waals surface area contributed by atoms with Gasteiger partial charge in [0.2, 0.25) is 0 Å². The quantitative estimate of drug-likeness (QED) is 0.852. The van der Waals surface area contributed by atoms with E-state index in [0.717, 1.165) is 0 Å². The molecule has 1 aromatic heterocycles. The monoisotopic (exact) mass is 291 g/mol. The van der Waals surface area contributed by atoms with Crippen molar-refractivity contribution >= 4 is 38.4 Å². The maximum atomic E-state index is 12.6. The fourth-order valence-corrected chi connectivity index (χ4v) is 5.70. The van der Waals surface area contributed by atoms with E-state index in [9.17, 15) is 8.42 Å². The van der Waals surface area contributed by atoms with E-state index in [1.54, 1.807) is 17.5 Å². The van der Waals surface area contributed by atoms with Crippen LogP contribution in [0.5, 0.6) is 0 Å². The molecule has 0 aromatic carbocycles. The predicted octanol–water partition coefficient (Wildman–Crippen LogP) is 1.36. The lowest BCUT2D eigenvalue weighted by Crippen LogP contribution is -2.52. The van der Waals surface area contributed by atoms with E-state index < -0.39 is 14.6 Å². The van der Waals surface area contributed by atoms with Gasteiger partial charge in [-0.05, 0) is 24.3 Å². The Morgan fingerprint density at radius 3 is 2.59 bits per heavy atom. The van der Waals surface area contributed by atoms with Crippen LogP contribution < -0.4 is 5.73 Å². The van der Waals surface area contributed by atoms with E-state index in [-0.39, 0.29) is 4.99 Å². The predicted molar refractivity (Wildman–Crippen MR) is 71.1 cm³/mol. The Hall–Kier alpha value is -0.500. The van der Waals surface area contributed by atoms with E-state index in [2.05, 4.69) is 0 Å². The lowest BCUT2D eigenvalue weighted by molar-refractivity contribution is 0.0888. The van der Waals surface area contributed by atoms with Crippen molar-refractivity contribution in [2.75, 3.05) is 13.2 Å². The summed E-state index contributed by atoms with van der Waals surface area (Å²) in [5, 5.41) is 1.74. The largest absolute Gasteiger partial charge is 0.392 e. The van der Waals surface area contributed by atoms with E-state index in [4.69, 9.17) is 22.7 Å². The van der Waals surface area contributed by atoms with Crippen LogP contribution in [0.2, 0.25) is 0 Å². The Bertz CT molecular complexity index is 501. The van der Waals surface area contributed by atoms with Gasteiger partial charge in [0.05, 0.1) is 4.99 Å². The van der Waals surface area contributed by atoms with E-state index in [1.807, 2.05) is 0 Å². The third-order valence-electron chi connectivity index (χ3n) is 3.02. The molecule has 7 heteroatoms. The zero-order valence-corrected chi connectivity index (χ0v) is 11.5. The van der Waals surface area contributed by atoms with Crippen LogP contribution in [0.25, 0.3) is 0 Å². The van der Waals surface area contributed by atoms with Crippen molar-refractivity contribution < 1.29 is 13.2 Å². The molecule has 0 radical (unpaired) electrons. The third-order valence-corrected chi connectivity index (χ3v) is 7.48. The number of sulfone groups is 1. The highest BCUT2D eigenvalue weighted by Crippen LogP contribution is 2.36. The van der Waals surface area contributed by atoms with Crippen LogP contribution in [0.1, 0.15) is 12.8 Å². The average Bonchev–Trinajstić information content (AvgIpc) is 2.83. The topological polar surface area (TPSA) is 69.4 Å². The Kier molecular flexibility index (Phi) is 3.53. The van der Waals surface area contributed by atoms with Gasteiger partial charge < -0.3 is 10.5 Å². The van der Waals surface area contributed by atoms with Crippen LogP contribution in [0.3, 0.4) is 0 Å². The molecule has 0 atom stereocenters. The molecular weight excluding hydrogens is 278 g/mol. The molecule has 1 saturated heterocycles. The molecule has 2 rings (SSSR count). The summed E-state index contributed by atoms with van der Waals surface area (Å²) in [4.78, 5) is 0.0502. The molecule has 0 saturated carbocycles. The highest BCUT2D eigenvalue weighted by atomic mass is 32.2. The lowest BCUT2D eigenvalue weighted by atomic mass is 9.99. The number of thiocarbonyl (C=S) groups is 1. The van der Waals surface area contributed by atoms with Crippen molar-refractivity contribution in [2.45, 2.75) is 21.8 Å². The molecule has 1 aliphatic heterocycles. The summed E-state index contributed by atoms with van der Waals surface area (Å²) < 4.78 is 29.6. The smallest absolute Gasteiger partial charge is 0.200 e. The minimum absolute atomic E-state index is 0.0502. The molecule has 94 valence electrons. The number of ether oxygens (including phenoxy) is 1. The summed E-state index contributed by atoms with van der Waals surface area (Å²) in [5.41, 5.74) is 5.70. The molecule has 1 aliphatic rings. The van der Waals surface area contributed by atoms with Gasteiger partial charge in [0.1, 0.15) is 8.96 Å². The first-order chi connectivity index (χ1) is 8.01. The van der Waals surface area contributed by atoms with E-state index in [0.29, 0.717) is 30.3 Å². The Morgan fingerprint density at radius 1 is 1.47 bits per heavy atom. The number of hydrogen-bond acceptors (Lipinski definition) is 5. The van der Waals surface area contributed by atoms with Gasteiger partial charge in [-0.2, -0.15) is 0 Å². The molecule has 1 fully saturated rings. The summed E-state index contributed by atoms with van der Waals surface area (Å²) in [7, 11) is -3.51. The van der Waals surface area contributed by atoms with Crippen LogP contribution >= 0.6 is 23.6 Å². The molecule has 17 heavy (non-hydrogen) atoms. The standard InChI is InChI=1S/C10H13NO3S3/c11-9(15)10(3-5-14-6-4-10)17(12,13)8-2-1-7-16-8/h1-2,7H,3-6H2,(H2,11,15). The molecular formula is C10H13NO3S3. The SMILES string of the molecule is NC(=S)C1(S(=O)(=O)c2cccs2)CCOCC1. The first kappa shape index (κ1) is 12.9. The number of nitrogens with two attached hydrogens (primary N) is 1. The van der Waals surface area contributed by atoms with Gasteiger partial charge in [-0.1, -0.05) is 18.3 Å². The van der Waals surface area contributed by atoms with Crippen LogP contribution in [-0.4, -0.2) is 31.4 Å². The Balaban J connectivity index is 2.51. The minimum atomic E-state index is -3.51. The van der Waals surface area contributed by atoms with Gasteiger partial charge in [-0.15, -0.1) is 11.3 Å². The van der Waals surface area contributed by atoms with Crippen molar-refractivity contribution in [3.05, 3.63) is 17.5 Å². The molecule has 0 spiro atoms. The number of thiophene rings is 1. The van der Waals surface area contributed by atoms with Gasteiger partial charge in [-0.3, -0.25) is 0 Å². The maximum Gasteiger partial charge on any atom is 0.200 e. The summed E-state index contributed by atoms with van der Waals surface area (Å²) in [5.74, 6) is 0. The summed E-state index contributed by atoms with van der Waals surface area (Å²) in [6.07, 6.45) is 0.672. The minimum Gasteiger partial charge on any atom is -0.392 e. The average molecular weight is 291 g/mol.